The molecule has 1 heteroatoms. The van der Waals surface area contributed by atoms with Gasteiger partial charge in [0.25, 0.3) is 0 Å². The van der Waals surface area contributed by atoms with Gasteiger partial charge in [0, 0.05) is 5.41 Å². The topological polar surface area (TPSA) is 20.2 Å². The van der Waals surface area contributed by atoms with Crippen LogP contribution in [0.3, 0.4) is 0 Å². The van der Waals surface area contributed by atoms with Crippen LogP contribution >= 0.6 is 0 Å². The average molecular weight is 449 g/mol. The van der Waals surface area contributed by atoms with Gasteiger partial charge in [-0.3, -0.25) is 0 Å². The summed E-state index contributed by atoms with van der Waals surface area (Å²) in [5, 5.41) is 10.7. The van der Waals surface area contributed by atoms with Crippen LogP contribution in [0.2, 0.25) is 0 Å². The molecule has 1 spiro atoms. The zero-order valence-electron chi connectivity index (χ0n) is 19.8. The van der Waals surface area contributed by atoms with Crippen LogP contribution < -0.4 is 0 Å². The Bertz CT molecular complexity index is 1740. The maximum atomic E-state index is 10.7. The predicted octanol–water partition coefficient (Wildman–Crippen LogP) is 8.04. The summed E-state index contributed by atoms with van der Waals surface area (Å²) < 4.78 is 0. The summed E-state index contributed by atoms with van der Waals surface area (Å²) in [5.74, 6) is 0.314. The highest BCUT2D eigenvalue weighted by atomic mass is 16.3. The molecule has 35 heavy (non-hydrogen) atoms. The first-order valence-electron chi connectivity index (χ1n) is 12.4. The van der Waals surface area contributed by atoms with Gasteiger partial charge in [-0.15, -0.1) is 0 Å². The largest absolute Gasteiger partial charge is 0.508 e. The third-order valence-electron chi connectivity index (χ3n) is 8.78. The number of aromatic hydroxyl groups is 1. The molecule has 0 aliphatic heterocycles. The van der Waals surface area contributed by atoms with Crippen molar-refractivity contribution in [2.24, 2.45) is 0 Å². The van der Waals surface area contributed by atoms with E-state index < -0.39 is 5.41 Å². The third-order valence-corrected chi connectivity index (χ3v) is 8.78. The van der Waals surface area contributed by atoms with Crippen LogP contribution in [0.1, 0.15) is 47.2 Å². The van der Waals surface area contributed by atoms with Gasteiger partial charge in [0.05, 0.1) is 5.41 Å². The quantitative estimate of drug-likeness (QED) is 0.249. The molecule has 5 aromatic carbocycles. The molecule has 166 valence electrons. The highest BCUT2D eigenvalue weighted by molar-refractivity contribution is 6.03. The second-order valence-corrected chi connectivity index (χ2v) is 10.7. The SMILES string of the molecule is CC1(C)c2ccccc2-c2c1ccc1c2-c2ccccc2C12c1ccccc1-c1ccc(O)cc12. The highest BCUT2D eigenvalue weighted by Crippen LogP contribution is 2.66. The Labute approximate surface area is 205 Å². The molecule has 0 heterocycles. The van der Waals surface area contributed by atoms with Crippen LogP contribution in [0, 0.1) is 0 Å². The molecular formula is C34H24O. The van der Waals surface area contributed by atoms with Crippen molar-refractivity contribution in [3.05, 3.63) is 137 Å². The monoisotopic (exact) mass is 448 g/mol. The molecule has 0 amide bonds. The fraction of sp³-hybridized carbons (Fsp3) is 0.118. The number of phenolic OH excluding ortho intramolecular Hbond substituents is 1. The number of fused-ring (bicyclic) bond motifs is 14. The maximum Gasteiger partial charge on any atom is 0.115 e. The molecule has 3 aliphatic rings. The lowest BCUT2D eigenvalue weighted by atomic mass is 9.70. The summed E-state index contributed by atoms with van der Waals surface area (Å²) in [5.41, 5.74) is 15.3. The minimum Gasteiger partial charge on any atom is -0.508 e. The van der Waals surface area contributed by atoms with Gasteiger partial charge in [-0.1, -0.05) is 105 Å². The molecule has 1 unspecified atom stereocenters. The van der Waals surface area contributed by atoms with E-state index in [9.17, 15) is 5.11 Å². The molecule has 0 saturated carbocycles. The van der Waals surface area contributed by atoms with Crippen LogP contribution in [0.25, 0.3) is 33.4 Å². The van der Waals surface area contributed by atoms with Gasteiger partial charge in [-0.25, -0.2) is 0 Å². The van der Waals surface area contributed by atoms with Gasteiger partial charge in [0.2, 0.25) is 0 Å². The second kappa shape index (κ2) is 6.12. The molecule has 5 aromatic rings. The minimum atomic E-state index is -0.437. The second-order valence-electron chi connectivity index (χ2n) is 10.7. The van der Waals surface area contributed by atoms with Crippen LogP contribution in [0.15, 0.2) is 103 Å². The van der Waals surface area contributed by atoms with Crippen molar-refractivity contribution in [1.82, 2.24) is 0 Å². The molecule has 3 aliphatic carbocycles. The van der Waals surface area contributed by atoms with E-state index >= 15 is 0 Å². The van der Waals surface area contributed by atoms with Crippen molar-refractivity contribution in [2.45, 2.75) is 24.7 Å². The fourth-order valence-electron chi connectivity index (χ4n) is 7.41. The molecule has 0 fully saturated rings. The molecule has 0 radical (unpaired) electrons. The Morgan fingerprint density at radius 2 is 0.971 bits per heavy atom. The smallest absolute Gasteiger partial charge is 0.115 e. The summed E-state index contributed by atoms with van der Waals surface area (Å²) in [6.07, 6.45) is 0. The van der Waals surface area contributed by atoms with Crippen LogP contribution in [0.5, 0.6) is 5.75 Å². The van der Waals surface area contributed by atoms with Crippen molar-refractivity contribution >= 4 is 0 Å². The summed E-state index contributed by atoms with van der Waals surface area (Å²) in [7, 11) is 0. The van der Waals surface area contributed by atoms with Gasteiger partial charge >= 0.3 is 0 Å². The van der Waals surface area contributed by atoms with Crippen molar-refractivity contribution in [3.63, 3.8) is 0 Å². The third kappa shape index (κ3) is 2.04. The lowest BCUT2D eigenvalue weighted by molar-refractivity contribution is 0.474. The Kier molecular flexibility index (Phi) is 3.36. The van der Waals surface area contributed by atoms with Crippen LogP contribution in [-0.2, 0) is 10.8 Å². The molecule has 8 rings (SSSR count). The molecule has 1 nitrogen and oxygen atoms in total. The fourth-order valence-corrected chi connectivity index (χ4v) is 7.41. The first-order valence-corrected chi connectivity index (χ1v) is 12.4. The first kappa shape index (κ1) is 19.2. The lowest BCUT2D eigenvalue weighted by Crippen LogP contribution is -2.26. The zero-order valence-corrected chi connectivity index (χ0v) is 19.8. The number of benzene rings is 5. The Balaban J connectivity index is 1.60. The number of hydrogen-bond donors (Lipinski definition) is 1. The van der Waals surface area contributed by atoms with E-state index in [-0.39, 0.29) is 5.41 Å². The summed E-state index contributed by atoms with van der Waals surface area (Å²) in [4.78, 5) is 0. The van der Waals surface area contributed by atoms with Crippen molar-refractivity contribution < 1.29 is 5.11 Å². The van der Waals surface area contributed by atoms with Gasteiger partial charge < -0.3 is 5.11 Å². The van der Waals surface area contributed by atoms with Crippen LogP contribution in [-0.4, -0.2) is 5.11 Å². The Morgan fingerprint density at radius 1 is 0.457 bits per heavy atom. The molecule has 1 atom stereocenters. The van der Waals surface area contributed by atoms with Crippen molar-refractivity contribution in [2.75, 3.05) is 0 Å². The number of rotatable bonds is 0. The van der Waals surface area contributed by atoms with Gasteiger partial charge in [-0.05, 0) is 78.9 Å². The maximum absolute atomic E-state index is 10.7. The van der Waals surface area contributed by atoms with E-state index in [1.54, 1.807) is 0 Å². The number of phenols is 1. The normalized spacial score (nSPS) is 19.0. The average Bonchev–Trinajstić information content (AvgIpc) is 3.43. The lowest BCUT2D eigenvalue weighted by Gasteiger charge is -2.31. The summed E-state index contributed by atoms with van der Waals surface area (Å²) in [6, 6.07) is 37.2. The van der Waals surface area contributed by atoms with Crippen molar-refractivity contribution in [1.29, 1.82) is 0 Å². The van der Waals surface area contributed by atoms with Crippen molar-refractivity contribution in [3.8, 4) is 39.1 Å². The number of hydrogen-bond acceptors (Lipinski definition) is 1. The zero-order chi connectivity index (χ0) is 23.5. The van der Waals surface area contributed by atoms with E-state index in [1.165, 1.54) is 66.8 Å². The molecular weight excluding hydrogens is 424 g/mol. The van der Waals surface area contributed by atoms with E-state index in [2.05, 4.69) is 105 Å². The standard InChI is InChI=1S/C34H24O/c1-33(2)25-12-6-4-10-23(25)31-28(33)17-18-29-32(31)24-11-5-8-14-27(24)34(29)26-13-7-3-9-21(26)22-16-15-20(35)19-30(22)34/h3-19,35H,1-2H3. The van der Waals surface area contributed by atoms with E-state index in [0.29, 0.717) is 5.75 Å². The van der Waals surface area contributed by atoms with E-state index in [1.807, 2.05) is 12.1 Å². The van der Waals surface area contributed by atoms with E-state index in [0.717, 1.165) is 0 Å². The Morgan fingerprint density at radius 3 is 1.71 bits per heavy atom. The first-order chi connectivity index (χ1) is 17.0. The molecule has 0 aromatic heterocycles. The highest BCUT2D eigenvalue weighted by Gasteiger charge is 2.53. The molecule has 1 N–H and O–H groups in total. The molecule has 0 bridgehead atoms. The predicted molar refractivity (Wildman–Crippen MR) is 142 cm³/mol. The summed E-state index contributed by atoms with van der Waals surface area (Å²) >= 11 is 0. The van der Waals surface area contributed by atoms with Gasteiger partial charge in [-0.2, -0.15) is 0 Å². The minimum absolute atomic E-state index is 0.0462. The molecule has 0 saturated heterocycles. The van der Waals surface area contributed by atoms with E-state index in [4.69, 9.17) is 0 Å². The van der Waals surface area contributed by atoms with Gasteiger partial charge in [0.1, 0.15) is 5.75 Å². The summed E-state index contributed by atoms with van der Waals surface area (Å²) in [6.45, 7) is 4.69. The van der Waals surface area contributed by atoms with Gasteiger partial charge in [0.15, 0.2) is 0 Å². The van der Waals surface area contributed by atoms with Crippen LogP contribution in [0.4, 0.5) is 0 Å². The Hall–Kier alpha value is -4.10.